The molecule has 1 aromatic rings. The van der Waals surface area contributed by atoms with Crippen molar-refractivity contribution in [1.82, 2.24) is 16.0 Å². The maximum atomic E-state index is 11.9. The number of carbonyl (C=O) groups excluding carboxylic acids is 2. The highest BCUT2D eigenvalue weighted by molar-refractivity contribution is 5.96. The zero-order valence-corrected chi connectivity index (χ0v) is 12.4. The van der Waals surface area contributed by atoms with E-state index in [9.17, 15) is 9.59 Å². The molecule has 0 saturated heterocycles. The Morgan fingerprint density at radius 2 is 1.60 bits per heavy atom. The maximum absolute atomic E-state index is 11.9. The van der Waals surface area contributed by atoms with Crippen LogP contribution < -0.4 is 16.0 Å². The first-order chi connectivity index (χ1) is 9.40. The van der Waals surface area contributed by atoms with E-state index < -0.39 is 12.1 Å². The van der Waals surface area contributed by atoms with Crippen LogP contribution in [0.15, 0.2) is 30.3 Å². The van der Waals surface area contributed by atoms with Crippen LogP contribution in [0.2, 0.25) is 0 Å². The molecule has 0 spiro atoms. The highest BCUT2D eigenvalue weighted by Gasteiger charge is 2.18. The second-order valence-electron chi connectivity index (χ2n) is 5.14. The summed E-state index contributed by atoms with van der Waals surface area (Å²) in [7, 11) is 0. The lowest BCUT2D eigenvalue weighted by Gasteiger charge is -2.20. The summed E-state index contributed by atoms with van der Waals surface area (Å²) < 4.78 is 0. The lowest BCUT2D eigenvalue weighted by molar-refractivity contribution is -0.121. The van der Waals surface area contributed by atoms with E-state index >= 15 is 0 Å². The first kappa shape index (κ1) is 16.2. The summed E-state index contributed by atoms with van der Waals surface area (Å²) in [5.74, 6) is -0.342. The molecule has 0 radical (unpaired) electrons. The van der Waals surface area contributed by atoms with Gasteiger partial charge in [-0.05, 0) is 33.3 Å². The Labute approximate surface area is 120 Å². The van der Waals surface area contributed by atoms with E-state index in [0.717, 1.165) is 5.56 Å². The fourth-order valence-corrected chi connectivity index (χ4v) is 1.81. The predicted octanol–water partition coefficient (Wildman–Crippen LogP) is 1.96. The molecule has 3 N–H and O–H groups in total. The third-order valence-electron chi connectivity index (χ3n) is 2.85. The zero-order valence-electron chi connectivity index (χ0n) is 12.4. The van der Waals surface area contributed by atoms with Crippen LogP contribution in [0.1, 0.15) is 39.3 Å². The van der Waals surface area contributed by atoms with Crippen molar-refractivity contribution >= 4 is 11.9 Å². The van der Waals surface area contributed by atoms with E-state index in [2.05, 4.69) is 16.0 Å². The Kier molecular flexibility index (Phi) is 6.18. The highest BCUT2D eigenvalue weighted by Crippen LogP contribution is 2.11. The summed E-state index contributed by atoms with van der Waals surface area (Å²) in [5.41, 5.74) is 1.10. The summed E-state index contributed by atoms with van der Waals surface area (Å²) in [5, 5.41) is 8.09. The van der Waals surface area contributed by atoms with Gasteiger partial charge in [-0.3, -0.25) is 15.4 Å². The fourth-order valence-electron chi connectivity index (χ4n) is 1.81. The topological polar surface area (TPSA) is 70.2 Å². The minimum absolute atomic E-state index is 0.00527. The number of hydrogen-bond donors (Lipinski definition) is 3. The molecule has 3 amide bonds. The van der Waals surface area contributed by atoms with Crippen LogP contribution in [0.25, 0.3) is 0 Å². The molecule has 20 heavy (non-hydrogen) atoms. The number of benzene rings is 1. The SMILES string of the molecule is CC(C)NC(=O)NC(=O)[C@H](C)N[C@@H](C)c1ccccc1. The monoisotopic (exact) mass is 277 g/mol. The molecule has 0 aromatic heterocycles. The fraction of sp³-hybridized carbons (Fsp3) is 0.467. The summed E-state index contributed by atoms with van der Waals surface area (Å²) in [4.78, 5) is 23.3. The van der Waals surface area contributed by atoms with Crippen LogP contribution in [-0.2, 0) is 4.79 Å². The second kappa shape index (κ2) is 7.65. The molecule has 0 aliphatic heterocycles. The molecule has 0 unspecified atom stereocenters. The van der Waals surface area contributed by atoms with Crippen molar-refractivity contribution in [2.45, 2.75) is 45.8 Å². The Bertz CT molecular complexity index is 446. The van der Waals surface area contributed by atoms with Crippen LogP contribution in [0.5, 0.6) is 0 Å². The van der Waals surface area contributed by atoms with Gasteiger partial charge in [0.25, 0.3) is 0 Å². The maximum Gasteiger partial charge on any atom is 0.321 e. The van der Waals surface area contributed by atoms with Gasteiger partial charge in [-0.2, -0.15) is 0 Å². The number of amides is 3. The number of hydrogen-bond acceptors (Lipinski definition) is 3. The quantitative estimate of drug-likeness (QED) is 0.770. The van der Waals surface area contributed by atoms with Crippen molar-refractivity contribution in [3.63, 3.8) is 0 Å². The van der Waals surface area contributed by atoms with Gasteiger partial charge >= 0.3 is 6.03 Å². The molecule has 0 saturated carbocycles. The largest absolute Gasteiger partial charge is 0.336 e. The van der Waals surface area contributed by atoms with Crippen molar-refractivity contribution in [2.24, 2.45) is 0 Å². The number of imide groups is 1. The standard InChI is InChI=1S/C15H23N3O2/c1-10(2)16-15(20)18-14(19)12(4)17-11(3)13-8-6-5-7-9-13/h5-12,17H,1-4H3,(H2,16,18,19,20)/t11-,12-/m0/s1. The Balaban J connectivity index is 2.47. The summed E-state index contributed by atoms with van der Waals surface area (Å²) >= 11 is 0. The van der Waals surface area contributed by atoms with E-state index in [-0.39, 0.29) is 18.0 Å². The molecule has 110 valence electrons. The zero-order chi connectivity index (χ0) is 15.1. The van der Waals surface area contributed by atoms with E-state index in [1.165, 1.54) is 0 Å². The van der Waals surface area contributed by atoms with Crippen LogP contribution in [0.3, 0.4) is 0 Å². The normalized spacial score (nSPS) is 13.7. The Morgan fingerprint density at radius 3 is 2.15 bits per heavy atom. The van der Waals surface area contributed by atoms with Gasteiger partial charge in [0.2, 0.25) is 5.91 Å². The molecule has 1 rings (SSSR count). The molecule has 0 fully saturated rings. The number of rotatable bonds is 5. The molecule has 1 aromatic carbocycles. The molecule has 5 heteroatoms. The van der Waals surface area contributed by atoms with Gasteiger partial charge in [0.05, 0.1) is 6.04 Å². The second-order valence-corrected chi connectivity index (χ2v) is 5.14. The van der Waals surface area contributed by atoms with E-state index in [1.54, 1.807) is 6.92 Å². The predicted molar refractivity (Wildman–Crippen MR) is 79.3 cm³/mol. The van der Waals surface area contributed by atoms with E-state index in [0.29, 0.717) is 0 Å². The molecule has 0 aliphatic carbocycles. The van der Waals surface area contributed by atoms with Crippen molar-refractivity contribution < 1.29 is 9.59 Å². The number of nitrogens with one attached hydrogen (secondary N) is 3. The Hall–Kier alpha value is -1.88. The van der Waals surface area contributed by atoms with Gasteiger partial charge in [0.1, 0.15) is 0 Å². The van der Waals surface area contributed by atoms with Gasteiger partial charge in [0.15, 0.2) is 0 Å². The third-order valence-corrected chi connectivity index (χ3v) is 2.85. The summed E-state index contributed by atoms with van der Waals surface area (Å²) in [6.45, 7) is 7.39. The molecular formula is C15H23N3O2. The number of carbonyl (C=O) groups is 2. The average molecular weight is 277 g/mol. The smallest absolute Gasteiger partial charge is 0.321 e. The molecule has 0 bridgehead atoms. The average Bonchev–Trinajstić information content (AvgIpc) is 2.38. The minimum Gasteiger partial charge on any atom is -0.336 e. The third kappa shape index (κ3) is 5.40. The van der Waals surface area contributed by atoms with Crippen LogP contribution >= 0.6 is 0 Å². The van der Waals surface area contributed by atoms with Gasteiger partial charge < -0.3 is 5.32 Å². The van der Waals surface area contributed by atoms with Crippen LogP contribution in [-0.4, -0.2) is 24.0 Å². The minimum atomic E-state index is -0.467. The molecule has 0 aliphatic rings. The summed E-state index contributed by atoms with van der Waals surface area (Å²) in [6, 6.07) is 8.95. The molecular weight excluding hydrogens is 254 g/mol. The number of urea groups is 1. The molecule has 0 heterocycles. The van der Waals surface area contributed by atoms with Gasteiger partial charge in [-0.1, -0.05) is 30.3 Å². The van der Waals surface area contributed by atoms with E-state index in [1.807, 2.05) is 51.1 Å². The van der Waals surface area contributed by atoms with Gasteiger partial charge in [-0.15, -0.1) is 0 Å². The molecule has 5 nitrogen and oxygen atoms in total. The Morgan fingerprint density at radius 1 is 1.00 bits per heavy atom. The molecule has 2 atom stereocenters. The highest BCUT2D eigenvalue weighted by atomic mass is 16.2. The van der Waals surface area contributed by atoms with Crippen molar-refractivity contribution in [3.8, 4) is 0 Å². The van der Waals surface area contributed by atoms with E-state index in [4.69, 9.17) is 0 Å². The lowest BCUT2D eigenvalue weighted by atomic mass is 10.1. The van der Waals surface area contributed by atoms with Gasteiger partial charge in [0, 0.05) is 12.1 Å². The van der Waals surface area contributed by atoms with Crippen molar-refractivity contribution in [3.05, 3.63) is 35.9 Å². The van der Waals surface area contributed by atoms with Crippen LogP contribution in [0, 0.1) is 0 Å². The van der Waals surface area contributed by atoms with Crippen molar-refractivity contribution in [2.75, 3.05) is 0 Å². The van der Waals surface area contributed by atoms with Crippen LogP contribution in [0.4, 0.5) is 4.79 Å². The summed E-state index contributed by atoms with van der Waals surface area (Å²) in [6.07, 6.45) is 0. The lowest BCUT2D eigenvalue weighted by Crippen LogP contribution is -2.49. The first-order valence-corrected chi connectivity index (χ1v) is 6.82. The van der Waals surface area contributed by atoms with Crippen molar-refractivity contribution in [1.29, 1.82) is 0 Å². The van der Waals surface area contributed by atoms with Gasteiger partial charge in [-0.25, -0.2) is 4.79 Å². The first-order valence-electron chi connectivity index (χ1n) is 6.82.